The third-order valence-corrected chi connectivity index (χ3v) is 5.63. The van der Waals surface area contributed by atoms with Gasteiger partial charge in [-0.05, 0) is 37.5 Å². The molecule has 0 atom stereocenters. The maximum Gasteiger partial charge on any atom is 0.230 e. The first-order valence-corrected chi connectivity index (χ1v) is 9.17. The third-order valence-electron chi connectivity index (χ3n) is 4.73. The van der Waals surface area contributed by atoms with Gasteiger partial charge in [-0.15, -0.1) is 21.5 Å². The van der Waals surface area contributed by atoms with Crippen molar-refractivity contribution in [3.63, 3.8) is 0 Å². The van der Waals surface area contributed by atoms with Crippen molar-refractivity contribution in [3.8, 4) is 5.75 Å². The smallest absolute Gasteiger partial charge is 0.230 e. The Balaban J connectivity index is 1.68. The van der Waals surface area contributed by atoms with E-state index in [-0.39, 0.29) is 5.91 Å². The van der Waals surface area contributed by atoms with Crippen LogP contribution in [-0.4, -0.2) is 29.8 Å². The summed E-state index contributed by atoms with van der Waals surface area (Å²) in [5, 5.41) is 13.2. The van der Waals surface area contributed by atoms with Gasteiger partial charge in [0.05, 0.1) is 12.5 Å². The third kappa shape index (κ3) is 3.43. The second kappa shape index (κ2) is 7.30. The molecule has 1 aromatic carbocycles. The number of ether oxygens (including phenoxy) is 1. The Labute approximate surface area is 146 Å². The summed E-state index contributed by atoms with van der Waals surface area (Å²) in [6.07, 6.45) is 4.73. The lowest BCUT2D eigenvalue weighted by Crippen LogP contribution is -2.43. The number of benzene rings is 1. The number of amides is 1. The van der Waals surface area contributed by atoms with E-state index < -0.39 is 5.41 Å². The number of carbonyl (C=O) groups excluding carboxylic acids is 1. The summed E-state index contributed by atoms with van der Waals surface area (Å²) in [4.78, 5) is 12.9. The number of methoxy groups -OCH3 is 1. The van der Waals surface area contributed by atoms with Crippen molar-refractivity contribution in [2.45, 2.75) is 44.4 Å². The largest absolute Gasteiger partial charge is 0.497 e. The van der Waals surface area contributed by atoms with E-state index in [0.29, 0.717) is 6.54 Å². The molecule has 1 heterocycles. The quantitative estimate of drug-likeness (QED) is 0.874. The van der Waals surface area contributed by atoms with Gasteiger partial charge in [-0.25, -0.2) is 0 Å². The van der Waals surface area contributed by atoms with E-state index in [1.807, 2.05) is 31.2 Å². The molecule has 24 heavy (non-hydrogen) atoms. The molecule has 5 nitrogen and oxygen atoms in total. The molecule has 1 N–H and O–H groups in total. The fourth-order valence-electron chi connectivity index (χ4n) is 3.43. The molecule has 128 valence electrons. The highest BCUT2D eigenvalue weighted by atomic mass is 32.1. The number of aromatic nitrogens is 2. The summed E-state index contributed by atoms with van der Waals surface area (Å²) in [6.45, 7) is 2.54. The molecule has 0 bridgehead atoms. The number of carbonyl (C=O) groups is 1. The van der Waals surface area contributed by atoms with Crippen LogP contribution in [0.2, 0.25) is 0 Å². The van der Waals surface area contributed by atoms with Gasteiger partial charge in [-0.3, -0.25) is 4.79 Å². The Kier molecular flexibility index (Phi) is 5.14. The van der Waals surface area contributed by atoms with Gasteiger partial charge in [0.15, 0.2) is 0 Å². The number of hydrogen-bond acceptors (Lipinski definition) is 5. The Hall–Kier alpha value is -1.95. The van der Waals surface area contributed by atoms with Gasteiger partial charge < -0.3 is 10.1 Å². The molecule has 6 heteroatoms. The minimum absolute atomic E-state index is 0.131. The highest BCUT2D eigenvalue weighted by Gasteiger charge is 2.42. The summed E-state index contributed by atoms with van der Waals surface area (Å²) < 4.78 is 5.23. The SMILES string of the molecule is COc1ccc(C2(C(=O)NCCc3nnc(C)s3)CCCC2)cc1. The number of rotatable bonds is 6. The zero-order valence-electron chi connectivity index (χ0n) is 14.2. The Morgan fingerprint density at radius 3 is 2.54 bits per heavy atom. The first kappa shape index (κ1) is 16.9. The summed E-state index contributed by atoms with van der Waals surface area (Å²) >= 11 is 1.58. The van der Waals surface area contributed by atoms with Gasteiger partial charge in [0.2, 0.25) is 5.91 Å². The molecular formula is C18H23N3O2S. The molecular weight excluding hydrogens is 322 g/mol. The van der Waals surface area contributed by atoms with Crippen LogP contribution in [0.15, 0.2) is 24.3 Å². The lowest BCUT2D eigenvalue weighted by Gasteiger charge is -2.28. The zero-order valence-corrected chi connectivity index (χ0v) is 15.0. The second-order valence-corrected chi connectivity index (χ2v) is 7.50. The van der Waals surface area contributed by atoms with E-state index in [9.17, 15) is 4.79 Å². The van der Waals surface area contributed by atoms with E-state index in [2.05, 4.69) is 15.5 Å². The van der Waals surface area contributed by atoms with Crippen LogP contribution >= 0.6 is 11.3 Å². The maximum atomic E-state index is 12.9. The van der Waals surface area contributed by atoms with Crippen molar-refractivity contribution in [1.29, 1.82) is 0 Å². The number of nitrogens with one attached hydrogen (secondary N) is 1. The normalized spacial score (nSPS) is 16.1. The standard InChI is InChI=1S/C18H23N3O2S/c1-13-20-21-16(24-13)9-12-19-17(22)18(10-3-4-11-18)14-5-7-15(23-2)8-6-14/h5-8H,3-4,9-12H2,1-2H3,(H,19,22). The van der Waals surface area contributed by atoms with Crippen LogP contribution in [0.1, 0.15) is 41.3 Å². The number of hydrogen-bond donors (Lipinski definition) is 1. The van der Waals surface area contributed by atoms with Crippen LogP contribution in [0.4, 0.5) is 0 Å². The van der Waals surface area contributed by atoms with Gasteiger partial charge in [-0.2, -0.15) is 0 Å². The molecule has 3 rings (SSSR count). The first-order chi connectivity index (χ1) is 11.6. The van der Waals surface area contributed by atoms with E-state index in [4.69, 9.17) is 4.74 Å². The molecule has 1 amide bonds. The fourth-order valence-corrected chi connectivity index (χ4v) is 4.13. The van der Waals surface area contributed by atoms with E-state index >= 15 is 0 Å². The summed E-state index contributed by atoms with van der Waals surface area (Å²) in [6, 6.07) is 7.93. The number of aryl methyl sites for hydroxylation is 1. The molecule has 0 spiro atoms. The van der Waals surface area contributed by atoms with Crippen molar-refractivity contribution >= 4 is 17.2 Å². The predicted octanol–water partition coefficient (Wildman–Crippen LogP) is 3.03. The zero-order chi connectivity index (χ0) is 17.0. The predicted molar refractivity (Wildman–Crippen MR) is 94.5 cm³/mol. The van der Waals surface area contributed by atoms with Gasteiger partial charge >= 0.3 is 0 Å². The van der Waals surface area contributed by atoms with E-state index in [0.717, 1.165) is 53.4 Å². The first-order valence-electron chi connectivity index (χ1n) is 8.36. The minimum Gasteiger partial charge on any atom is -0.497 e. The van der Waals surface area contributed by atoms with Crippen LogP contribution in [0.5, 0.6) is 5.75 Å². The minimum atomic E-state index is -0.399. The van der Waals surface area contributed by atoms with Crippen molar-refractivity contribution in [1.82, 2.24) is 15.5 Å². The number of nitrogens with zero attached hydrogens (tertiary/aromatic N) is 2. The highest BCUT2D eigenvalue weighted by Crippen LogP contribution is 2.41. The molecule has 1 saturated carbocycles. The highest BCUT2D eigenvalue weighted by molar-refractivity contribution is 7.11. The van der Waals surface area contributed by atoms with Crippen LogP contribution in [-0.2, 0) is 16.6 Å². The summed E-state index contributed by atoms with van der Waals surface area (Å²) in [7, 11) is 1.65. The average molecular weight is 345 g/mol. The molecule has 0 aliphatic heterocycles. The molecule has 0 unspecified atom stereocenters. The molecule has 2 aromatic rings. The van der Waals surface area contributed by atoms with Crippen molar-refractivity contribution in [3.05, 3.63) is 39.8 Å². The van der Waals surface area contributed by atoms with Crippen LogP contribution in [0.3, 0.4) is 0 Å². The lowest BCUT2D eigenvalue weighted by atomic mass is 9.78. The second-order valence-electron chi connectivity index (χ2n) is 6.24. The topological polar surface area (TPSA) is 64.1 Å². The van der Waals surface area contributed by atoms with Crippen LogP contribution < -0.4 is 10.1 Å². The van der Waals surface area contributed by atoms with Gasteiger partial charge in [0, 0.05) is 13.0 Å². The van der Waals surface area contributed by atoms with E-state index in [1.165, 1.54) is 0 Å². The molecule has 1 aromatic heterocycles. The van der Waals surface area contributed by atoms with Gasteiger partial charge in [-0.1, -0.05) is 25.0 Å². The molecule has 1 fully saturated rings. The van der Waals surface area contributed by atoms with Crippen molar-refractivity contribution in [2.75, 3.05) is 13.7 Å². The average Bonchev–Trinajstić information content (AvgIpc) is 3.25. The van der Waals surface area contributed by atoms with Crippen molar-refractivity contribution in [2.24, 2.45) is 0 Å². The van der Waals surface area contributed by atoms with E-state index in [1.54, 1.807) is 18.4 Å². The fraction of sp³-hybridized carbons (Fsp3) is 0.500. The van der Waals surface area contributed by atoms with Crippen molar-refractivity contribution < 1.29 is 9.53 Å². The molecule has 0 radical (unpaired) electrons. The summed E-state index contributed by atoms with van der Waals surface area (Å²) in [5.74, 6) is 0.949. The van der Waals surface area contributed by atoms with Crippen LogP contribution in [0, 0.1) is 6.92 Å². The van der Waals surface area contributed by atoms with Crippen LogP contribution in [0.25, 0.3) is 0 Å². The molecule has 1 aliphatic rings. The molecule has 0 saturated heterocycles. The Bertz CT molecular complexity index is 691. The maximum absolute atomic E-state index is 12.9. The lowest BCUT2D eigenvalue weighted by molar-refractivity contribution is -0.126. The Morgan fingerprint density at radius 1 is 1.25 bits per heavy atom. The van der Waals surface area contributed by atoms with Gasteiger partial charge in [0.1, 0.15) is 15.8 Å². The molecule has 1 aliphatic carbocycles. The summed E-state index contributed by atoms with van der Waals surface area (Å²) in [5.41, 5.74) is 0.689. The Morgan fingerprint density at radius 2 is 1.96 bits per heavy atom. The van der Waals surface area contributed by atoms with Gasteiger partial charge in [0.25, 0.3) is 0 Å². The monoisotopic (exact) mass is 345 g/mol.